The van der Waals surface area contributed by atoms with E-state index in [1.54, 1.807) is 0 Å². The molecular formula is C19H23IN2O3. The predicted molar refractivity (Wildman–Crippen MR) is 104 cm³/mol. The third-order valence-corrected chi connectivity index (χ3v) is 5.11. The van der Waals surface area contributed by atoms with E-state index in [0.29, 0.717) is 19.6 Å². The quantitative estimate of drug-likeness (QED) is 0.509. The molecule has 0 fully saturated rings. The van der Waals surface area contributed by atoms with Crippen molar-refractivity contribution >= 4 is 28.6 Å². The number of rotatable bonds is 7. The van der Waals surface area contributed by atoms with Crippen LogP contribution < -0.4 is 4.74 Å². The average molecular weight is 454 g/mol. The Kier molecular flexibility index (Phi) is 5.98. The van der Waals surface area contributed by atoms with Crippen LogP contribution in [-0.4, -0.2) is 29.2 Å². The number of imidazole rings is 1. The second-order valence-corrected chi connectivity index (χ2v) is 7.32. The average Bonchev–Trinajstić information content (AvgIpc) is 3.10. The number of aromatic amines is 1. The van der Waals surface area contributed by atoms with Crippen LogP contribution in [0.25, 0.3) is 0 Å². The van der Waals surface area contributed by atoms with Gasteiger partial charge in [-0.2, -0.15) is 0 Å². The number of benzene rings is 1. The molecule has 6 heteroatoms. The topological polar surface area (TPSA) is 64.2 Å². The molecule has 1 aliphatic carbocycles. The summed E-state index contributed by atoms with van der Waals surface area (Å²) in [5.41, 5.74) is 4.71. The van der Waals surface area contributed by atoms with Gasteiger partial charge >= 0.3 is 5.97 Å². The van der Waals surface area contributed by atoms with Gasteiger partial charge in [0.1, 0.15) is 5.75 Å². The zero-order valence-corrected chi connectivity index (χ0v) is 16.8. The standard InChI is InChI=1S/C19H23IN2O3/c1-3-24-18(23)11-14-5-4-13-10-15(6-7-16(13)14)25-9-8-17-12(2)21-19(20)22-17/h6-7,10,14H,3-5,8-9,11H2,1-2H3,(H,21,22). The molecule has 2 aromatic rings. The molecule has 0 saturated carbocycles. The molecule has 134 valence electrons. The van der Waals surface area contributed by atoms with Crippen LogP contribution in [0, 0.1) is 10.8 Å². The second-order valence-electron chi connectivity index (χ2n) is 6.30. The van der Waals surface area contributed by atoms with E-state index in [1.807, 2.05) is 19.9 Å². The normalized spacial score (nSPS) is 15.9. The summed E-state index contributed by atoms with van der Waals surface area (Å²) in [7, 11) is 0. The minimum absolute atomic E-state index is 0.107. The lowest BCUT2D eigenvalue weighted by Crippen LogP contribution is -2.08. The van der Waals surface area contributed by atoms with Crippen LogP contribution in [0.2, 0.25) is 0 Å². The number of ether oxygens (including phenoxy) is 2. The van der Waals surface area contributed by atoms with E-state index in [-0.39, 0.29) is 11.9 Å². The zero-order chi connectivity index (χ0) is 17.8. The number of carbonyl (C=O) groups excluding carboxylic acids is 1. The summed E-state index contributed by atoms with van der Waals surface area (Å²) >= 11 is 2.18. The summed E-state index contributed by atoms with van der Waals surface area (Å²) in [5.74, 6) is 1.06. The van der Waals surface area contributed by atoms with Gasteiger partial charge in [0.2, 0.25) is 0 Å². The molecule has 1 aromatic carbocycles. The summed E-state index contributed by atoms with van der Waals surface area (Å²) < 4.78 is 11.9. The molecule has 1 unspecified atom stereocenters. The van der Waals surface area contributed by atoms with Crippen molar-refractivity contribution in [3.8, 4) is 5.75 Å². The van der Waals surface area contributed by atoms with Crippen molar-refractivity contribution in [1.82, 2.24) is 9.97 Å². The second kappa shape index (κ2) is 8.21. The van der Waals surface area contributed by atoms with E-state index >= 15 is 0 Å². The van der Waals surface area contributed by atoms with Crippen molar-refractivity contribution in [2.75, 3.05) is 13.2 Å². The number of carbonyl (C=O) groups is 1. The first-order valence-electron chi connectivity index (χ1n) is 8.69. The molecule has 0 saturated heterocycles. The molecule has 0 amide bonds. The molecule has 25 heavy (non-hydrogen) atoms. The SMILES string of the molecule is CCOC(=O)CC1CCc2cc(OCCc3nc(I)[nH]c3C)ccc21. The molecular weight excluding hydrogens is 431 g/mol. The maximum absolute atomic E-state index is 11.7. The molecule has 1 N–H and O–H groups in total. The number of aromatic nitrogens is 2. The summed E-state index contributed by atoms with van der Waals surface area (Å²) in [5, 5.41) is 0. The lowest BCUT2D eigenvalue weighted by Gasteiger charge is -2.12. The highest BCUT2D eigenvalue weighted by Gasteiger charge is 2.25. The molecule has 1 atom stereocenters. The van der Waals surface area contributed by atoms with E-state index in [9.17, 15) is 4.79 Å². The fraction of sp³-hybridized carbons (Fsp3) is 0.474. The highest BCUT2D eigenvalue weighted by Crippen LogP contribution is 2.37. The Morgan fingerprint density at radius 2 is 2.28 bits per heavy atom. The zero-order valence-electron chi connectivity index (χ0n) is 14.6. The lowest BCUT2D eigenvalue weighted by atomic mass is 9.98. The van der Waals surface area contributed by atoms with E-state index in [1.165, 1.54) is 11.1 Å². The fourth-order valence-corrected chi connectivity index (χ4v) is 4.07. The van der Waals surface area contributed by atoms with Crippen LogP contribution in [0.5, 0.6) is 5.75 Å². The number of halogens is 1. The molecule has 5 nitrogen and oxygen atoms in total. The Hall–Kier alpha value is -1.57. The number of nitrogens with zero attached hydrogens (tertiary/aromatic N) is 1. The molecule has 1 aliphatic rings. The molecule has 0 spiro atoms. The van der Waals surface area contributed by atoms with Crippen LogP contribution in [0.1, 0.15) is 48.2 Å². The number of hydrogen-bond acceptors (Lipinski definition) is 4. The van der Waals surface area contributed by atoms with Crippen LogP contribution in [-0.2, 0) is 22.4 Å². The smallest absolute Gasteiger partial charge is 0.306 e. The number of hydrogen-bond donors (Lipinski definition) is 1. The number of H-pyrrole nitrogens is 1. The van der Waals surface area contributed by atoms with Crippen LogP contribution in [0.4, 0.5) is 0 Å². The Balaban J connectivity index is 1.57. The van der Waals surface area contributed by atoms with Crippen molar-refractivity contribution in [3.05, 3.63) is 44.5 Å². The number of esters is 1. The van der Waals surface area contributed by atoms with Crippen molar-refractivity contribution < 1.29 is 14.3 Å². The van der Waals surface area contributed by atoms with E-state index in [0.717, 1.165) is 40.2 Å². The Morgan fingerprint density at radius 3 is 3.00 bits per heavy atom. The summed E-state index contributed by atoms with van der Waals surface area (Å²) in [4.78, 5) is 19.4. The van der Waals surface area contributed by atoms with Crippen LogP contribution in [0.15, 0.2) is 18.2 Å². The van der Waals surface area contributed by atoms with Gasteiger partial charge in [0.15, 0.2) is 3.83 Å². The molecule has 0 radical (unpaired) electrons. The number of fused-ring (bicyclic) bond motifs is 1. The van der Waals surface area contributed by atoms with E-state index in [2.05, 4.69) is 44.7 Å². The highest BCUT2D eigenvalue weighted by molar-refractivity contribution is 14.1. The molecule has 3 rings (SSSR count). The fourth-order valence-electron chi connectivity index (χ4n) is 3.37. The van der Waals surface area contributed by atoms with Crippen molar-refractivity contribution in [2.24, 2.45) is 0 Å². The summed E-state index contributed by atoms with van der Waals surface area (Å²) in [6.45, 7) is 4.92. The first-order chi connectivity index (χ1) is 12.1. The van der Waals surface area contributed by atoms with Gasteiger partial charge in [0.25, 0.3) is 0 Å². The Labute approximate surface area is 161 Å². The van der Waals surface area contributed by atoms with Gasteiger partial charge in [-0.15, -0.1) is 0 Å². The van der Waals surface area contributed by atoms with Gasteiger partial charge in [0.05, 0.1) is 25.3 Å². The Morgan fingerprint density at radius 1 is 1.44 bits per heavy atom. The minimum atomic E-state index is -0.107. The third-order valence-electron chi connectivity index (χ3n) is 4.60. The predicted octanol–water partition coefficient (Wildman–Crippen LogP) is 3.93. The third kappa shape index (κ3) is 4.54. The van der Waals surface area contributed by atoms with Gasteiger partial charge in [-0.3, -0.25) is 4.79 Å². The maximum Gasteiger partial charge on any atom is 0.306 e. The highest BCUT2D eigenvalue weighted by atomic mass is 127. The largest absolute Gasteiger partial charge is 0.493 e. The van der Waals surface area contributed by atoms with E-state index < -0.39 is 0 Å². The molecule has 1 heterocycles. The van der Waals surface area contributed by atoms with Crippen molar-refractivity contribution in [3.63, 3.8) is 0 Å². The van der Waals surface area contributed by atoms with Gasteiger partial charge in [-0.1, -0.05) is 6.07 Å². The van der Waals surface area contributed by atoms with Crippen LogP contribution >= 0.6 is 22.6 Å². The van der Waals surface area contributed by atoms with Crippen molar-refractivity contribution in [2.45, 2.75) is 45.4 Å². The van der Waals surface area contributed by atoms with Gasteiger partial charge in [-0.25, -0.2) is 4.98 Å². The van der Waals surface area contributed by atoms with E-state index in [4.69, 9.17) is 9.47 Å². The first-order valence-corrected chi connectivity index (χ1v) is 9.77. The number of aryl methyl sites for hydroxylation is 2. The first kappa shape index (κ1) is 18.2. The minimum Gasteiger partial charge on any atom is -0.493 e. The van der Waals surface area contributed by atoms with Gasteiger partial charge < -0.3 is 14.5 Å². The summed E-state index contributed by atoms with van der Waals surface area (Å²) in [6, 6.07) is 6.22. The molecule has 1 aromatic heterocycles. The lowest BCUT2D eigenvalue weighted by molar-refractivity contribution is -0.143. The van der Waals surface area contributed by atoms with Gasteiger partial charge in [-0.05, 0) is 78.5 Å². The number of nitrogens with one attached hydrogen (secondary N) is 1. The monoisotopic (exact) mass is 454 g/mol. The molecule has 0 bridgehead atoms. The maximum atomic E-state index is 11.7. The Bertz CT molecular complexity index is 757. The molecule has 0 aliphatic heterocycles. The summed E-state index contributed by atoms with van der Waals surface area (Å²) in [6.07, 6.45) is 3.25. The van der Waals surface area contributed by atoms with Gasteiger partial charge in [0, 0.05) is 12.1 Å². The van der Waals surface area contributed by atoms with Crippen molar-refractivity contribution in [1.29, 1.82) is 0 Å². The van der Waals surface area contributed by atoms with Crippen LogP contribution in [0.3, 0.4) is 0 Å².